The van der Waals surface area contributed by atoms with Crippen molar-refractivity contribution in [1.29, 1.82) is 0 Å². The topological polar surface area (TPSA) is 110 Å². The summed E-state index contributed by atoms with van der Waals surface area (Å²) in [6.45, 7) is 0. The van der Waals surface area contributed by atoms with Gasteiger partial charge in [0.05, 0.1) is 5.69 Å². The van der Waals surface area contributed by atoms with Gasteiger partial charge in [-0.05, 0) is 44.4 Å². The minimum absolute atomic E-state index is 0.00304. The largest absolute Gasteiger partial charge is 0.379 e. The molecule has 0 saturated heterocycles. The van der Waals surface area contributed by atoms with Crippen molar-refractivity contribution in [1.82, 2.24) is 15.8 Å². The van der Waals surface area contributed by atoms with E-state index in [1.807, 2.05) is 5.48 Å². The Bertz CT molecular complexity index is 600. The van der Waals surface area contributed by atoms with Crippen molar-refractivity contribution in [3.63, 3.8) is 0 Å². The summed E-state index contributed by atoms with van der Waals surface area (Å²) in [5.74, 6) is 0.00478. The molecule has 0 unspecified atom stereocenters. The number of anilines is 1. The average molecular weight is 333 g/mol. The number of aliphatic imine (C=N–C) groups is 1. The fourth-order valence-corrected chi connectivity index (χ4v) is 1.68. The molecule has 0 aliphatic heterocycles. The van der Waals surface area contributed by atoms with Crippen molar-refractivity contribution in [3.05, 3.63) is 33.4 Å². The second kappa shape index (κ2) is 5.34. The quantitative estimate of drug-likeness (QED) is 0.441. The van der Waals surface area contributed by atoms with E-state index >= 15 is 0 Å². The molecule has 94 valence electrons. The molecule has 0 fully saturated rings. The van der Waals surface area contributed by atoms with Gasteiger partial charge in [0.25, 0.3) is 0 Å². The standard InChI is InChI=1S/C9H7BrClN5O2/c10-5-2-1-4(11)3-6(5)13-9(14-17)7-8(12)16-18-15-7/h1-3,17H,(H2,12,16)(H,13,14). The number of amidine groups is 1. The highest BCUT2D eigenvalue weighted by atomic mass is 79.9. The van der Waals surface area contributed by atoms with Crippen LogP contribution in [0.1, 0.15) is 5.69 Å². The maximum atomic E-state index is 9.05. The maximum absolute atomic E-state index is 9.05. The highest BCUT2D eigenvalue weighted by molar-refractivity contribution is 9.10. The minimum Gasteiger partial charge on any atom is -0.379 e. The van der Waals surface area contributed by atoms with Gasteiger partial charge in [0.1, 0.15) is 0 Å². The molecule has 0 aliphatic rings. The molecule has 0 atom stereocenters. The molecule has 2 rings (SSSR count). The van der Waals surface area contributed by atoms with E-state index in [1.54, 1.807) is 18.2 Å². The molecule has 0 saturated carbocycles. The van der Waals surface area contributed by atoms with Crippen molar-refractivity contribution in [2.75, 3.05) is 5.73 Å². The van der Waals surface area contributed by atoms with Gasteiger partial charge in [0.2, 0.25) is 0 Å². The Morgan fingerprint density at radius 3 is 2.89 bits per heavy atom. The molecule has 9 heteroatoms. The van der Waals surface area contributed by atoms with Crippen LogP contribution in [0, 0.1) is 0 Å². The molecule has 0 aliphatic carbocycles. The van der Waals surface area contributed by atoms with Crippen LogP contribution >= 0.6 is 27.5 Å². The summed E-state index contributed by atoms with van der Waals surface area (Å²) >= 11 is 9.16. The smallest absolute Gasteiger partial charge is 0.199 e. The predicted molar refractivity (Wildman–Crippen MR) is 69.0 cm³/mol. The first-order chi connectivity index (χ1) is 8.61. The van der Waals surface area contributed by atoms with Gasteiger partial charge in [0.15, 0.2) is 17.3 Å². The number of rotatable bonds is 2. The van der Waals surface area contributed by atoms with Crippen LogP contribution in [-0.4, -0.2) is 21.4 Å². The Labute approximate surface area is 115 Å². The predicted octanol–water partition coefficient (Wildman–Crippen LogP) is 2.12. The normalized spacial score (nSPS) is 11.6. The molecule has 0 radical (unpaired) electrons. The lowest BCUT2D eigenvalue weighted by atomic mass is 10.3. The number of hydroxylamine groups is 1. The van der Waals surface area contributed by atoms with E-state index in [-0.39, 0.29) is 17.3 Å². The fourth-order valence-electron chi connectivity index (χ4n) is 1.18. The Balaban J connectivity index is 2.47. The number of halogens is 2. The first-order valence-electron chi connectivity index (χ1n) is 4.64. The van der Waals surface area contributed by atoms with Crippen LogP contribution < -0.4 is 11.2 Å². The highest BCUT2D eigenvalue weighted by Crippen LogP contribution is 2.29. The Hall–Kier alpha value is -1.64. The highest BCUT2D eigenvalue weighted by Gasteiger charge is 2.14. The molecule has 1 aromatic carbocycles. The second-order valence-corrected chi connectivity index (χ2v) is 4.46. The van der Waals surface area contributed by atoms with E-state index in [2.05, 4.69) is 35.9 Å². The van der Waals surface area contributed by atoms with Crippen LogP contribution in [-0.2, 0) is 0 Å². The van der Waals surface area contributed by atoms with Crippen molar-refractivity contribution in [3.8, 4) is 0 Å². The fraction of sp³-hybridized carbons (Fsp3) is 0. The van der Waals surface area contributed by atoms with Gasteiger partial charge in [-0.3, -0.25) is 10.7 Å². The number of nitrogens with one attached hydrogen (secondary N) is 1. The number of hydrogen-bond acceptors (Lipinski definition) is 6. The molecule has 18 heavy (non-hydrogen) atoms. The lowest BCUT2D eigenvalue weighted by molar-refractivity contribution is 0.234. The van der Waals surface area contributed by atoms with Gasteiger partial charge in [-0.2, -0.15) is 0 Å². The van der Waals surface area contributed by atoms with Crippen LogP contribution in [0.25, 0.3) is 0 Å². The van der Waals surface area contributed by atoms with Gasteiger partial charge in [-0.25, -0.2) is 9.62 Å². The van der Waals surface area contributed by atoms with Gasteiger partial charge in [-0.1, -0.05) is 11.6 Å². The number of nitrogens with zero attached hydrogens (tertiary/aromatic N) is 3. The summed E-state index contributed by atoms with van der Waals surface area (Å²) in [7, 11) is 0. The molecule has 1 heterocycles. The molecule has 1 aromatic heterocycles. The van der Waals surface area contributed by atoms with E-state index in [9.17, 15) is 0 Å². The first kappa shape index (κ1) is 12.8. The molecule has 2 aromatic rings. The third-order valence-electron chi connectivity index (χ3n) is 1.98. The molecular formula is C9H7BrClN5O2. The maximum Gasteiger partial charge on any atom is 0.199 e. The van der Waals surface area contributed by atoms with E-state index in [1.165, 1.54) is 0 Å². The van der Waals surface area contributed by atoms with Crippen LogP contribution in [0.4, 0.5) is 11.5 Å². The summed E-state index contributed by atoms with van der Waals surface area (Å²) < 4.78 is 5.11. The molecule has 0 amide bonds. The summed E-state index contributed by atoms with van der Waals surface area (Å²) in [6.07, 6.45) is 0. The monoisotopic (exact) mass is 331 g/mol. The van der Waals surface area contributed by atoms with Gasteiger partial charge in [-0.15, -0.1) is 0 Å². The number of aromatic nitrogens is 2. The SMILES string of the molecule is Nc1nonc1C(=Nc1cc(Cl)ccc1Br)NO. The van der Waals surface area contributed by atoms with Crippen LogP contribution in [0.3, 0.4) is 0 Å². The molecule has 4 N–H and O–H groups in total. The molecule has 0 spiro atoms. The van der Waals surface area contributed by atoms with Crippen LogP contribution in [0.5, 0.6) is 0 Å². The average Bonchev–Trinajstić information content (AvgIpc) is 2.77. The van der Waals surface area contributed by atoms with Crippen LogP contribution in [0.2, 0.25) is 5.02 Å². The van der Waals surface area contributed by atoms with Gasteiger partial charge in [0, 0.05) is 9.50 Å². The van der Waals surface area contributed by atoms with Crippen molar-refractivity contribution in [2.24, 2.45) is 4.99 Å². The number of nitrogens with two attached hydrogens (primary N) is 1. The minimum atomic E-state index is -0.00304. The second-order valence-electron chi connectivity index (χ2n) is 3.17. The van der Waals surface area contributed by atoms with Crippen LogP contribution in [0.15, 0.2) is 32.3 Å². The van der Waals surface area contributed by atoms with Crippen molar-refractivity contribution < 1.29 is 9.84 Å². The summed E-state index contributed by atoms with van der Waals surface area (Å²) in [5, 5.41) is 16.5. The van der Waals surface area contributed by atoms with E-state index in [0.717, 1.165) is 0 Å². The summed E-state index contributed by atoms with van der Waals surface area (Å²) in [4.78, 5) is 4.12. The molecule has 0 bridgehead atoms. The van der Waals surface area contributed by atoms with Gasteiger partial charge >= 0.3 is 0 Å². The third-order valence-corrected chi connectivity index (χ3v) is 2.89. The van der Waals surface area contributed by atoms with E-state index in [0.29, 0.717) is 15.2 Å². The summed E-state index contributed by atoms with van der Waals surface area (Å²) in [6, 6.07) is 5.02. The molecular weight excluding hydrogens is 325 g/mol. The zero-order chi connectivity index (χ0) is 13.1. The Kier molecular flexibility index (Phi) is 3.80. The third kappa shape index (κ3) is 2.61. The number of nitrogen functional groups attached to an aromatic ring is 1. The first-order valence-corrected chi connectivity index (χ1v) is 5.81. The van der Waals surface area contributed by atoms with E-state index < -0.39 is 0 Å². The number of benzene rings is 1. The number of hydrogen-bond donors (Lipinski definition) is 3. The Morgan fingerprint density at radius 2 is 2.28 bits per heavy atom. The van der Waals surface area contributed by atoms with Crippen molar-refractivity contribution in [2.45, 2.75) is 0 Å². The van der Waals surface area contributed by atoms with Gasteiger partial charge < -0.3 is 5.73 Å². The Morgan fingerprint density at radius 1 is 1.50 bits per heavy atom. The van der Waals surface area contributed by atoms with Crippen molar-refractivity contribution >= 4 is 44.9 Å². The zero-order valence-corrected chi connectivity index (χ0v) is 11.1. The lowest BCUT2D eigenvalue weighted by Gasteiger charge is -2.03. The zero-order valence-electron chi connectivity index (χ0n) is 8.76. The van der Waals surface area contributed by atoms with E-state index in [4.69, 9.17) is 22.5 Å². The lowest BCUT2D eigenvalue weighted by Crippen LogP contribution is -2.21. The molecule has 7 nitrogen and oxygen atoms in total. The summed E-state index contributed by atoms with van der Waals surface area (Å²) in [5.41, 5.74) is 7.97.